The maximum absolute atomic E-state index is 5.86. The molecular formula is C23H20N4O3S. The van der Waals surface area contributed by atoms with Crippen molar-refractivity contribution in [2.45, 2.75) is 13.5 Å². The Kier molecular flexibility index (Phi) is 6.39. The van der Waals surface area contributed by atoms with Gasteiger partial charge in [0.1, 0.15) is 23.0 Å². The van der Waals surface area contributed by atoms with E-state index in [0.717, 1.165) is 11.5 Å². The average molecular weight is 433 g/mol. The smallest absolute Gasteiger partial charge is 0.235 e. The average Bonchev–Trinajstić information content (AvgIpc) is 3.19. The molecule has 0 atom stereocenters. The van der Waals surface area contributed by atoms with Crippen molar-refractivity contribution in [1.82, 2.24) is 15.3 Å². The van der Waals surface area contributed by atoms with Crippen LogP contribution in [0.25, 0.3) is 0 Å². The van der Waals surface area contributed by atoms with Crippen LogP contribution in [0.1, 0.15) is 11.5 Å². The fourth-order valence-electron chi connectivity index (χ4n) is 2.68. The Morgan fingerprint density at radius 3 is 1.97 bits per heavy atom. The van der Waals surface area contributed by atoms with Crippen LogP contribution in [0.15, 0.2) is 83.3 Å². The first-order valence-electron chi connectivity index (χ1n) is 9.59. The number of nitrogens with one attached hydrogen (secondary N) is 2. The molecule has 0 aliphatic rings. The first-order chi connectivity index (χ1) is 15.1. The van der Waals surface area contributed by atoms with Crippen LogP contribution < -0.4 is 20.1 Å². The van der Waals surface area contributed by atoms with Crippen LogP contribution in [0.3, 0.4) is 0 Å². The van der Waals surface area contributed by atoms with Gasteiger partial charge in [0.05, 0.1) is 12.6 Å². The van der Waals surface area contributed by atoms with Crippen molar-refractivity contribution in [3.8, 4) is 23.3 Å². The van der Waals surface area contributed by atoms with Gasteiger partial charge < -0.3 is 24.5 Å². The van der Waals surface area contributed by atoms with Crippen molar-refractivity contribution in [1.29, 1.82) is 0 Å². The van der Waals surface area contributed by atoms with E-state index < -0.39 is 0 Å². The number of thiocarbonyl (C=S) groups is 1. The fraction of sp³-hybridized carbons (Fsp3) is 0.0870. The Hall–Kier alpha value is -3.91. The monoisotopic (exact) mass is 432 g/mol. The van der Waals surface area contributed by atoms with Crippen molar-refractivity contribution in [2.75, 3.05) is 5.32 Å². The van der Waals surface area contributed by atoms with Gasteiger partial charge >= 0.3 is 0 Å². The standard InChI is InChI=1S/C23H20N4O3S/c1-16-12-13-19(28-16)15-24-23(31)27-22-25-20(29-17-8-4-2-5-9-17)14-21(26-22)30-18-10-6-3-7-11-18/h2-14H,15H2,1H3,(H2,24,25,26,27,31). The molecule has 2 heterocycles. The molecule has 0 saturated carbocycles. The summed E-state index contributed by atoms with van der Waals surface area (Å²) in [4.78, 5) is 8.79. The largest absolute Gasteiger partial charge is 0.465 e. The summed E-state index contributed by atoms with van der Waals surface area (Å²) in [6.45, 7) is 2.33. The van der Waals surface area contributed by atoms with Crippen LogP contribution in [-0.4, -0.2) is 15.1 Å². The molecule has 0 aliphatic carbocycles. The van der Waals surface area contributed by atoms with Gasteiger partial charge in [0.15, 0.2) is 5.11 Å². The summed E-state index contributed by atoms with van der Waals surface area (Å²) in [7, 11) is 0. The number of hydrogen-bond acceptors (Lipinski definition) is 6. The second kappa shape index (κ2) is 9.73. The van der Waals surface area contributed by atoms with E-state index in [0.29, 0.717) is 34.9 Å². The van der Waals surface area contributed by atoms with Crippen molar-refractivity contribution in [2.24, 2.45) is 0 Å². The lowest BCUT2D eigenvalue weighted by atomic mass is 10.3. The molecule has 31 heavy (non-hydrogen) atoms. The zero-order valence-corrected chi connectivity index (χ0v) is 17.6. The number of aryl methyl sites for hydroxylation is 1. The normalized spacial score (nSPS) is 10.4. The highest BCUT2D eigenvalue weighted by molar-refractivity contribution is 7.80. The van der Waals surface area contributed by atoms with Crippen LogP contribution in [0.5, 0.6) is 23.3 Å². The molecule has 0 saturated heterocycles. The molecule has 156 valence electrons. The first kappa shape index (κ1) is 20.4. The van der Waals surface area contributed by atoms with E-state index in [9.17, 15) is 0 Å². The molecule has 2 aromatic carbocycles. The van der Waals surface area contributed by atoms with E-state index >= 15 is 0 Å². The van der Waals surface area contributed by atoms with Crippen LogP contribution in [-0.2, 0) is 6.54 Å². The minimum absolute atomic E-state index is 0.243. The molecule has 4 aromatic rings. The SMILES string of the molecule is Cc1ccc(CNC(=S)Nc2nc(Oc3ccccc3)cc(Oc3ccccc3)n2)o1. The van der Waals surface area contributed by atoms with Crippen LogP contribution in [0, 0.1) is 6.92 Å². The highest BCUT2D eigenvalue weighted by Crippen LogP contribution is 2.27. The molecule has 7 nitrogen and oxygen atoms in total. The second-order valence-corrected chi connectivity index (χ2v) is 6.93. The molecule has 0 unspecified atom stereocenters. The van der Waals surface area contributed by atoms with Gasteiger partial charge in [0.25, 0.3) is 0 Å². The summed E-state index contributed by atoms with van der Waals surface area (Å²) in [5.74, 6) is 3.79. The van der Waals surface area contributed by atoms with E-state index in [2.05, 4.69) is 20.6 Å². The molecule has 0 spiro atoms. The van der Waals surface area contributed by atoms with Gasteiger partial charge in [-0.1, -0.05) is 36.4 Å². The molecule has 4 rings (SSSR count). The molecule has 2 N–H and O–H groups in total. The highest BCUT2D eigenvalue weighted by Gasteiger charge is 2.11. The molecular weight excluding hydrogens is 412 g/mol. The number of furan rings is 1. The van der Waals surface area contributed by atoms with Crippen LogP contribution in [0.4, 0.5) is 5.95 Å². The van der Waals surface area contributed by atoms with Crippen LogP contribution >= 0.6 is 12.2 Å². The first-order valence-corrected chi connectivity index (χ1v) is 10.00. The third kappa shape index (κ3) is 6.03. The molecule has 0 amide bonds. The maximum Gasteiger partial charge on any atom is 0.235 e. The molecule has 0 bridgehead atoms. The topological polar surface area (TPSA) is 81.4 Å². The minimum Gasteiger partial charge on any atom is -0.465 e. The third-order valence-corrected chi connectivity index (χ3v) is 4.30. The predicted molar refractivity (Wildman–Crippen MR) is 122 cm³/mol. The summed E-state index contributed by atoms with van der Waals surface area (Å²) in [6.07, 6.45) is 0. The van der Waals surface area contributed by atoms with Gasteiger partial charge in [0, 0.05) is 0 Å². The lowest BCUT2D eigenvalue weighted by Crippen LogP contribution is -2.28. The molecule has 8 heteroatoms. The summed E-state index contributed by atoms with van der Waals surface area (Å²) >= 11 is 5.36. The van der Waals surface area contributed by atoms with Gasteiger partial charge in [-0.2, -0.15) is 9.97 Å². The fourth-order valence-corrected chi connectivity index (χ4v) is 2.84. The van der Waals surface area contributed by atoms with Crippen molar-refractivity contribution in [3.63, 3.8) is 0 Å². The number of rotatable bonds is 7. The summed E-state index contributed by atoms with van der Waals surface area (Å²) in [6, 6.07) is 24.1. The number of nitrogens with zero attached hydrogens (tertiary/aromatic N) is 2. The van der Waals surface area contributed by atoms with E-state index in [1.165, 1.54) is 0 Å². The molecule has 0 aliphatic heterocycles. The van der Waals surface area contributed by atoms with E-state index in [-0.39, 0.29) is 5.95 Å². The van der Waals surface area contributed by atoms with Crippen LogP contribution in [0.2, 0.25) is 0 Å². The Bertz CT molecular complexity index is 1090. The lowest BCUT2D eigenvalue weighted by Gasteiger charge is -2.12. The number of hydrogen-bond donors (Lipinski definition) is 2. The predicted octanol–water partition coefficient (Wildman–Crippen LogP) is 5.45. The zero-order valence-electron chi connectivity index (χ0n) is 16.7. The van der Waals surface area contributed by atoms with E-state index in [1.807, 2.05) is 79.7 Å². The third-order valence-electron chi connectivity index (χ3n) is 4.05. The number of aromatic nitrogens is 2. The Morgan fingerprint density at radius 1 is 0.871 bits per heavy atom. The van der Waals surface area contributed by atoms with Gasteiger partial charge in [-0.25, -0.2) is 0 Å². The summed E-state index contributed by atoms with van der Waals surface area (Å²) < 4.78 is 17.3. The van der Waals surface area contributed by atoms with Crippen molar-refractivity contribution in [3.05, 3.63) is 90.4 Å². The Balaban J connectivity index is 1.51. The van der Waals surface area contributed by atoms with Gasteiger partial charge in [-0.05, 0) is 55.5 Å². The maximum atomic E-state index is 5.86. The number of para-hydroxylation sites is 2. The van der Waals surface area contributed by atoms with E-state index in [1.54, 1.807) is 6.07 Å². The lowest BCUT2D eigenvalue weighted by molar-refractivity contribution is 0.435. The quantitative estimate of drug-likeness (QED) is 0.373. The highest BCUT2D eigenvalue weighted by atomic mass is 32.1. The molecule has 0 radical (unpaired) electrons. The van der Waals surface area contributed by atoms with E-state index in [4.69, 9.17) is 26.1 Å². The zero-order chi connectivity index (χ0) is 21.5. The van der Waals surface area contributed by atoms with Crippen molar-refractivity contribution >= 4 is 23.3 Å². The van der Waals surface area contributed by atoms with Gasteiger partial charge in [-0.15, -0.1) is 0 Å². The van der Waals surface area contributed by atoms with Gasteiger partial charge in [0.2, 0.25) is 17.7 Å². The number of ether oxygens (including phenoxy) is 2. The Morgan fingerprint density at radius 2 is 1.45 bits per heavy atom. The second-order valence-electron chi connectivity index (χ2n) is 6.52. The minimum atomic E-state index is 0.243. The molecule has 2 aromatic heterocycles. The van der Waals surface area contributed by atoms with Gasteiger partial charge in [-0.3, -0.25) is 0 Å². The number of benzene rings is 2. The Labute approximate surface area is 185 Å². The summed E-state index contributed by atoms with van der Waals surface area (Å²) in [5.41, 5.74) is 0. The summed E-state index contributed by atoms with van der Waals surface area (Å²) in [5, 5.41) is 6.38. The molecule has 0 fully saturated rings. The number of anilines is 1. The van der Waals surface area contributed by atoms with Crippen molar-refractivity contribution < 1.29 is 13.9 Å².